The highest BCUT2D eigenvalue weighted by Gasteiger charge is 2.25. The largest absolute Gasteiger partial charge is 0.271 e. The molecule has 0 aliphatic carbocycles. The molecule has 2 heterocycles. The van der Waals surface area contributed by atoms with Crippen molar-refractivity contribution in [2.45, 2.75) is 25.3 Å². The van der Waals surface area contributed by atoms with E-state index in [1.165, 1.54) is 4.68 Å². The van der Waals surface area contributed by atoms with E-state index in [2.05, 4.69) is 30.8 Å². The number of rotatable bonds is 5. The number of anilines is 1. The van der Waals surface area contributed by atoms with E-state index in [1.54, 1.807) is 43.9 Å². The molecule has 2 aromatic heterocycles. The van der Waals surface area contributed by atoms with Gasteiger partial charge in [0.05, 0.1) is 22.4 Å². The van der Waals surface area contributed by atoms with Crippen LogP contribution in [0, 0.1) is 13.8 Å². The van der Waals surface area contributed by atoms with Gasteiger partial charge < -0.3 is 0 Å². The molecule has 0 aliphatic heterocycles. The summed E-state index contributed by atoms with van der Waals surface area (Å²) in [5.74, 6) is 0.224. The van der Waals surface area contributed by atoms with Crippen LogP contribution in [0.3, 0.4) is 0 Å². The first-order valence-corrected chi connectivity index (χ1v) is 10.3. The Morgan fingerprint density at radius 3 is 2.42 bits per heavy atom. The zero-order chi connectivity index (χ0) is 19.1. The van der Waals surface area contributed by atoms with Crippen molar-refractivity contribution in [2.75, 3.05) is 4.72 Å². The first kappa shape index (κ1) is 18.9. The summed E-state index contributed by atoms with van der Waals surface area (Å²) in [6, 6.07) is 7.38. The molecular weight excluding hydrogens is 442 g/mol. The van der Waals surface area contributed by atoms with Gasteiger partial charge in [0.2, 0.25) is 0 Å². The number of aromatic nitrogens is 4. The highest BCUT2D eigenvalue weighted by Crippen LogP contribution is 2.26. The van der Waals surface area contributed by atoms with Crippen LogP contribution in [0.4, 0.5) is 5.82 Å². The molecule has 0 unspecified atom stereocenters. The van der Waals surface area contributed by atoms with Gasteiger partial charge in [-0.05, 0) is 47.5 Å². The highest BCUT2D eigenvalue weighted by atomic mass is 79.9. The molecule has 0 aliphatic rings. The van der Waals surface area contributed by atoms with Gasteiger partial charge >= 0.3 is 0 Å². The van der Waals surface area contributed by atoms with E-state index in [0.717, 1.165) is 5.56 Å². The molecule has 26 heavy (non-hydrogen) atoms. The second-order valence-corrected chi connectivity index (χ2v) is 8.79. The van der Waals surface area contributed by atoms with Crippen LogP contribution in [-0.2, 0) is 23.6 Å². The molecule has 3 aromatic rings. The average Bonchev–Trinajstić information content (AvgIpc) is 3.00. The monoisotopic (exact) mass is 457 g/mol. The Morgan fingerprint density at radius 2 is 1.85 bits per heavy atom. The van der Waals surface area contributed by atoms with Crippen LogP contribution >= 0.6 is 27.5 Å². The van der Waals surface area contributed by atoms with Crippen molar-refractivity contribution < 1.29 is 8.42 Å². The molecule has 1 aromatic carbocycles. The summed E-state index contributed by atoms with van der Waals surface area (Å²) >= 11 is 9.25. The molecule has 0 atom stereocenters. The van der Waals surface area contributed by atoms with E-state index in [1.807, 2.05) is 12.1 Å². The third-order valence-electron chi connectivity index (χ3n) is 3.92. The van der Waals surface area contributed by atoms with E-state index in [4.69, 9.17) is 11.6 Å². The lowest BCUT2D eigenvalue weighted by Gasteiger charge is -2.06. The van der Waals surface area contributed by atoms with Crippen LogP contribution in [0.15, 0.2) is 39.8 Å². The summed E-state index contributed by atoms with van der Waals surface area (Å²) in [7, 11) is -2.09. The van der Waals surface area contributed by atoms with E-state index < -0.39 is 10.0 Å². The predicted octanol–water partition coefficient (Wildman–Crippen LogP) is 3.50. The van der Waals surface area contributed by atoms with Gasteiger partial charge in [0, 0.05) is 18.3 Å². The molecular formula is C16H17BrClN5O2S. The molecule has 3 rings (SSSR count). The number of aryl methyl sites for hydroxylation is 2. The second-order valence-electron chi connectivity index (χ2n) is 5.88. The number of hydrogen-bond donors (Lipinski definition) is 1. The maximum absolute atomic E-state index is 12.8. The van der Waals surface area contributed by atoms with Crippen molar-refractivity contribution in [3.8, 4) is 0 Å². The number of halogens is 2. The number of nitrogens with one attached hydrogen (secondary N) is 1. The predicted molar refractivity (Wildman–Crippen MR) is 104 cm³/mol. The minimum Gasteiger partial charge on any atom is -0.271 e. The standard InChI is InChI=1S/C16H17BrClN5O2S/c1-10-15(11(2)22(3)19-10)26(24,25)21-16-14(17)9-23(20-16)8-12-4-6-13(18)7-5-12/h4-7,9H,8H2,1-3H3,(H,20,21). The zero-order valence-electron chi connectivity index (χ0n) is 14.4. The molecule has 7 nitrogen and oxygen atoms in total. The Balaban J connectivity index is 1.86. The SMILES string of the molecule is Cc1nn(C)c(C)c1S(=O)(=O)Nc1nn(Cc2ccc(Cl)cc2)cc1Br. The molecule has 10 heteroatoms. The third kappa shape index (κ3) is 3.79. The fourth-order valence-electron chi connectivity index (χ4n) is 2.65. The van der Waals surface area contributed by atoms with Crippen LogP contribution in [0.2, 0.25) is 5.02 Å². The van der Waals surface area contributed by atoms with Crippen LogP contribution < -0.4 is 4.72 Å². The molecule has 0 saturated carbocycles. The summed E-state index contributed by atoms with van der Waals surface area (Å²) in [5, 5.41) is 9.14. The first-order valence-electron chi connectivity index (χ1n) is 7.68. The number of nitrogens with zero attached hydrogens (tertiary/aromatic N) is 4. The van der Waals surface area contributed by atoms with Gasteiger partial charge in [0.25, 0.3) is 10.0 Å². The Kier molecular flexibility index (Phi) is 5.14. The molecule has 138 valence electrons. The van der Waals surface area contributed by atoms with Gasteiger partial charge in [-0.25, -0.2) is 8.42 Å². The van der Waals surface area contributed by atoms with Gasteiger partial charge in [0.1, 0.15) is 4.90 Å². The topological polar surface area (TPSA) is 81.8 Å². The summed E-state index contributed by atoms with van der Waals surface area (Å²) in [6.07, 6.45) is 1.72. The second kappa shape index (κ2) is 7.05. The van der Waals surface area contributed by atoms with Crippen LogP contribution in [0.5, 0.6) is 0 Å². The molecule has 0 fully saturated rings. The third-order valence-corrected chi connectivity index (χ3v) is 6.34. The summed E-state index contributed by atoms with van der Waals surface area (Å²) in [5.41, 5.74) is 2.00. The minimum absolute atomic E-state index is 0.166. The zero-order valence-corrected chi connectivity index (χ0v) is 17.5. The summed E-state index contributed by atoms with van der Waals surface area (Å²) in [6.45, 7) is 3.86. The van der Waals surface area contributed by atoms with Crippen LogP contribution in [-0.4, -0.2) is 28.0 Å². The maximum atomic E-state index is 12.8. The fraction of sp³-hybridized carbons (Fsp3) is 0.250. The Morgan fingerprint density at radius 1 is 1.19 bits per heavy atom. The summed E-state index contributed by atoms with van der Waals surface area (Å²) in [4.78, 5) is 0.166. The Hall–Kier alpha value is -1.84. The normalized spacial score (nSPS) is 11.7. The number of sulfonamides is 1. The Bertz CT molecular complexity index is 1060. The van der Waals surface area contributed by atoms with E-state index in [-0.39, 0.29) is 10.7 Å². The van der Waals surface area contributed by atoms with Crippen molar-refractivity contribution >= 4 is 43.4 Å². The lowest BCUT2D eigenvalue weighted by molar-refractivity contribution is 0.599. The quantitative estimate of drug-likeness (QED) is 0.634. The minimum atomic E-state index is -3.80. The molecule has 0 bridgehead atoms. The molecule has 0 saturated heterocycles. The van der Waals surface area contributed by atoms with Gasteiger partial charge in [-0.3, -0.25) is 14.1 Å². The summed E-state index contributed by atoms with van der Waals surface area (Å²) < 4.78 is 31.8. The molecule has 0 radical (unpaired) electrons. The van der Waals surface area contributed by atoms with Crippen molar-refractivity contribution in [1.82, 2.24) is 19.6 Å². The highest BCUT2D eigenvalue weighted by molar-refractivity contribution is 9.10. The van der Waals surface area contributed by atoms with Crippen molar-refractivity contribution in [1.29, 1.82) is 0 Å². The molecule has 0 spiro atoms. The van der Waals surface area contributed by atoms with Crippen molar-refractivity contribution in [3.05, 3.63) is 56.9 Å². The van der Waals surface area contributed by atoms with Gasteiger partial charge in [-0.1, -0.05) is 23.7 Å². The molecule has 0 amide bonds. The Labute approximate surface area is 165 Å². The van der Waals surface area contributed by atoms with Gasteiger partial charge in [-0.2, -0.15) is 10.2 Å². The number of benzene rings is 1. The maximum Gasteiger partial charge on any atom is 0.266 e. The number of hydrogen-bond acceptors (Lipinski definition) is 4. The molecule has 1 N–H and O–H groups in total. The lowest BCUT2D eigenvalue weighted by atomic mass is 10.2. The fourth-order valence-corrected chi connectivity index (χ4v) is 4.78. The van der Waals surface area contributed by atoms with Crippen molar-refractivity contribution in [2.24, 2.45) is 7.05 Å². The van der Waals surface area contributed by atoms with Gasteiger partial charge in [-0.15, -0.1) is 0 Å². The van der Waals surface area contributed by atoms with Crippen molar-refractivity contribution in [3.63, 3.8) is 0 Å². The van der Waals surface area contributed by atoms with Gasteiger partial charge in [0.15, 0.2) is 5.82 Å². The van der Waals surface area contributed by atoms with E-state index in [0.29, 0.717) is 27.4 Å². The van der Waals surface area contributed by atoms with E-state index >= 15 is 0 Å². The van der Waals surface area contributed by atoms with E-state index in [9.17, 15) is 8.42 Å². The van der Waals surface area contributed by atoms with Crippen LogP contribution in [0.25, 0.3) is 0 Å². The van der Waals surface area contributed by atoms with Crippen LogP contribution in [0.1, 0.15) is 17.0 Å². The first-order chi connectivity index (χ1) is 12.2. The lowest BCUT2D eigenvalue weighted by Crippen LogP contribution is -2.16. The average molecular weight is 459 g/mol. The smallest absolute Gasteiger partial charge is 0.266 e.